The van der Waals surface area contributed by atoms with E-state index in [-0.39, 0.29) is 11.9 Å². The van der Waals surface area contributed by atoms with Crippen LogP contribution in [0.5, 0.6) is 0 Å². The largest absolute Gasteiger partial charge is 0.481 e. The van der Waals surface area contributed by atoms with Gasteiger partial charge >= 0.3 is 5.97 Å². The third-order valence-corrected chi connectivity index (χ3v) is 3.92. The van der Waals surface area contributed by atoms with Gasteiger partial charge in [-0.05, 0) is 25.0 Å². The molecule has 1 saturated carbocycles. The lowest BCUT2D eigenvalue weighted by molar-refractivity contribution is -0.142. The number of aromatic amines is 1. The number of carboxylic acids is 1. The number of amides is 1. The van der Waals surface area contributed by atoms with Gasteiger partial charge in [-0.3, -0.25) is 9.59 Å². The number of aromatic nitrogens is 1. The molecule has 3 N–H and O–H groups in total. The number of carboxylic acid groups (broad SMARTS) is 1. The van der Waals surface area contributed by atoms with Gasteiger partial charge in [0.2, 0.25) is 0 Å². The second-order valence-electron chi connectivity index (χ2n) is 5.23. The highest BCUT2D eigenvalue weighted by Crippen LogP contribution is 2.26. The van der Waals surface area contributed by atoms with Crippen molar-refractivity contribution in [1.82, 2.24) is 10.3 Å². The van der Waals surface area contributed by atoms with Gasteiger partial charge in [-0.1, -0.05) is 24.6 Å². The molecule has 1 aromatic heterocycles. The van der Waals surface area contributed by atoms with Crippen LogP contribution in [-0.4, -0.2) is 28.0 Å². The van der Waals surface area contributed by atoms with Gasteiger partial charge in [0.1, 0.15) is 5.69 Å². The number of hydrogen-bond acceptors (Lipinski definition) is 2. The molecule has 1 fully saturated rings. The minimum absolute atomic E-state index is 0.237. The fourth-order valence-electron chi connectivity index (χ4n) is 2.87. The number of benzene rings is 1. The van der Waals surface area contributed by atoms with Crippen LogP contribution in [0, 0.1) is 5.92 Å². The molecule has 3 rings (SSSR count). The molecule has 104 valence electrons. The molecule has 2 aromatic rings. The molecule has 1 aromatic carbocycles. The highest BCUT2D eigenvalue weighted by molar-refractivity contribution is 5.98. The summed E-state index contributed by atoms with van der Waals surface area (Å²) in [5, 5.41) is 12.9. The zero-order valence-corrected chi connectivity index (χ0v) is 10.9. The van der Waals surface area contributed by atoms with Crippen molar-refractivity contribution in [3.8, 4) is 0 Å². The van der Waals surface area contributed by atoms with Gasteiger partial charge in [-0.15, -0.1) is 0 Å². The maximum atomic E-state index is 12.2. The summed E-state index contributed by atoms with van der Waals surface area (Å²) in [5.74, 6) is -1.54. The zero-order valence-electron chi connectivity index (χ0n) is 10.9. The molecule has 5 nitrogen and oxygen atoms in total. The van der Waals surface area contributed by atoms with Crippen LogP contribution < -0.4 is 5.32 Å². The number of aliphatic carboxylic acids is 1. The molecule has 1 amide bonds. The summed E-state index contributed by atoms with van der Waals surface area (Å²) in [6.07, 6.45) is 2.20. The zero-order chi connectivity index (χ0) is 14.1. The van der Waals surface area contributed by atoms with E-state index in [1.807, 2.05) is 24.3 Å². The number of H-pyrrole nitrogens is 1. The van der Waals surface area contributed by atoms with Crippen LogP contribution in [0.1, 0.15) is 29.8 Å². The highest BCUT2D eigenvalue weighted by atomic mass is 16.4. The number of fused-ring (bicyclic) bond motifs is 1. The van der Waals surface area contributed by atoms with E-state index in [4.69, 9.17) is 5.11 Å². The maximum absolute atomic E-state index is 12.2. The van der Waals surface area contributed by atoms with E-state index in [2.05, 4.69) is 10.3 Å². The van der Waals surface area contributed by atoms with Gasteiger partial charge in [0.15, 0.2) is 0 Å². The van der Waals surface area contributed by atoms with Crippen LogP contribution in [0.2, 0.25) is 0 Å². The predicted octanol–water partition coefficient (Wildman–Crippen LogP) is 2.15. The van der Waals surface area contributed by atoms with Crippen molar-refractivity contribution in [1.29, 1.82) is 0 Å². The fraction of sp³-hybridized carbons (Fsp3) is 0.333. The van der Waals surface area contributed by atoms with Gasteiger partial charge in [-0.25, -0.2) is 0 Å². The Morgan fingerprint density at radius 3 is 2.80 bits per heavy atom. The Balaban J connectivity index is 1.77. The van der Waals surface area contributed by atoms with Crippen molar-refractivity contribution in [2.24, 2.45) is 5.92 Å². The molecule has 0 radical (unpaired) electrons. The molecular formula is C15H16N2O3. The number of hydrogen-bond donors (Lipinski definition) is 3. The van der Waals surface area contributed by atoms with E-state index in [1.165, 1.54) is 0 Å². The van der Waals surface area contributed by atoms with Crippen molar-refractivity contribution in [3.63, 3.8) is 0 Å². The van der Waals surface area contributed by atoms with Crippen LogP contribution in [0.4, 0.5) is 0 Å². The standard InChI is InChI=1S/C15H16N2O3/c18-14(17-12-7-3-5-10(12)15(19)20)13-8-9-4-1-2-6-11(9)16-13/h1-2,4,6,8,10,12,16H,3,5,7H2,(H,17,18)(H,19,20)/t10-,12+/m1/s1. The molecule has 20 heavy (non-hydrogen) atoms. The van der Waals surface area contributed by atoms with Crippen molar-refractivity contribution in [2.75, 3.05) is 0 Å². The first-order chi connectivity index (χ1) is 9.65. The number of carbonyl (C=O) groups excluding carboxylic acids is 1. The lowest BCUT2D eigenvalue weighted by Crippen LogP contribution is -2.40. The Labute approximate surface area is 116 Å². The van der Waals surface area contributed by atoms with Gasteiger partial charge in [-0.2, -0.15) is 0 Å². The molecule has 0 aliphatic heterocycles. The van der Waals surface area contributed by atoms with Gasteiger partial charge in [0.25, 0.3) is 5.91 Å². The van der Waals surface area contributed by atoms with E-state index in [9.17, 15) is 9.59 Å². The minimum Gasteiger partial charge on any atom is -0.481 e. The number of rotatable bonds is 3. The lowest BCUT2D eigenvalue weighted by atomic mass is 10.0. The summed E-state index contributed by atoms with van der Waals surface area (Å²) in [7, 11) is 0. The van der Waals surface area contributed by atoms with Crippen LogP contribution in [0.15, 0.2) is 30.3 Å². The van der Waals surface area contributed by atoms with Crippen LogP contribution >= 0.6 is 0 Å². The second kappa shape index (κ2) is 5.00. The van der Waals surface area contributed by atoms with Gasteiger partial charge in [0, 0.05) is 16.9 Å². The SMILES string of the molecule is O=C(N[C@H]1CCC[C@H]1C(=O)O)c1cc2ccccc2[nH]1. The average molecular weight is 272 g/mol. The normalized spacial score (nSPS) is 22.0. The van der Waals surface area contributed by atoms with E-state index in [0.29, 0.717) is 12.1 Å². The summed E-state index contributed by atoms with van der Waals surface area (Å²) in [6, 6.07) is 9.16. The predicted molar refractivity (Wildman–Crippen MR) is 74.5 cm³/mol. The molecular weight excluding hydrogens is 256 g/mol. The Morgan fingerprint density at radius 2 is 2.05 bits per heavy atom. The molecule has 0 unspecified atom stereocenters. The first-order valence-corrected chi connectivity index (χ1v) is 6.76. The summed E-state index contributed by atoms with van der Waals surface area (Å²) in [6.45, 7) is 0. The quantitative estimate of drug-likeness (QED) is 0.800. The van der Waals surface area contributed by atoms with Crippen molar-refractivity contribution < 1.29 is 14.7 Å². The third kappa shape index (κ3) is 2.27. The van der Waals surface area contributed by atoms with Gasteiger partial charge < -0.3 is 15.4 Å². The highest BCUT2D eigenvalue weighted by Gasteiger charge is 2.34. The van der Waals surface area contributed by atoms with E-state index >= 15 is 0 Å². The number of para-hydroxylation sites is 1. The topological polar surface area (TPSA) is 82.2 Å². The summed E-state index contributed by atoms with van der Waals surface area (Å²) in [5.41, 5.74) is 1.38. The molecule has 1 heterocycles. The summed E-state index contributed by atoms with van der Waals surface area (Å²) in [4.78, 5) is 26.4. The molecule has 5 heteroatoms. The Kier molecular flexibility index (Phi) is 3.18. The minimum atomic E-state index is -0.829. The smallest absolute Gasteiger partial charge is 0.308 e. The number of nitrogens with one attached hydrogen (secondary N) is 2. The second-order valence-corrected chi connectivity index (χ2v) is 5.23. The molecule has 1 aliphatic rings. The molecule has 0 saturated heterocycles. The Morgan fingerprint density at radius 1 is 1.25 bits per heavy atom. The Bertz CT molecular complexity index is 629. The van der Waals surface area contributed by atoms with Crippen molar-refractivity contribution >= 4 is 22.8 Å². The third-order valence-electron chi connectivity index (χ3n) is 3.92. The maximum Gasteiger partial charge on any atom is 0.308 e. The summed E-state index contributed by atoms with van der Waals surface area (Å²) < 4.78 is 0. The van der Waals surface area contributed by atoms with Crippen LogP contribution in [0.25, 0.3) is 10.9 Å². The first kappa shape index (κ1) is 12.7. The monoisotopic (exact) mass is 272 g/mol. The van der Waals surface area contributed by atoms with Crippen LogP contribution in [-0.2, 0) is 4.79 Å². The van der Waals surface area contributed by atoms with E-state index in [0.717, 1.165) is 23.7 Å². The van der Waals surface area contributed by atoms with Gasteiger partial charge in [0.05, 0.1) is 5.92 Å². The molecule has 1 aliphatic carbocycles. The van der Waals surface area contributed by atoms with Crippen LogP contribution in [0.3, 0.4) is 0 Å². The average Bonchev–Trinajstić information content (AvgIpc) is 3.03. The molecule has 2 atom stereocenters. The Hall–Kier alpha value is -2.30. The van der Waals surface area contributed by atoms with Crippen molar-refractivity contribution in [2.45, 2.75) is 25.3 Å². The van der Waals surface area contributed by atoms with Crippen molar-refractivity contribution in [3.05, 3.63) is 36.0 Å². The summed E-state index contributed by atoms with van der Waals surface area (Å²) >= 11 is 0. The van der Waals surface area contributed by atoms with E-state index < -0.39 is 11.9 Å². The first-order valence-electron chi connectivity index (χ1n) is 6.76. The lowest BCUT2D eigenvalue weighted by Gasteiger charge is -2.16. The number of carbonyl (C=O) groups is 2. The molecule has 0 bridgehead atoms. The molecule has 0 spiro atoms. The fourth-order valence-corrected chi connectivity index (χ4v) is 2.87. The van der Waals surface area contributed by atoms with E-state index in [1.54, 1.807) is 6.07 Å².